The molecule has 3 heteroatoms. The van der Waals surface area contributed by atoms with E-state index in [1.807, 2.05) is 6.07 Å². The van der Waals surface area contributed by atoms with E-state index in [1.165, 1.54) is 41.8 Å². The molecule has 0 bridgehead atoms. The van der Waals surface area contributed by atoms with E-state index < -0.39 is 0 Å². The van der Waals surface area contributed by atoms with Gasteiger partial charge in [0.1, 0.15) is 0 Å². The first-order chi connectivity index (χ1) is 8.83. The average Bonchev–Trinajstić information content (AvgIpc) is 2.82. The van der Waals surface area contributed by atoms with Crippen LogP contribution in [0.25, 0.3) is 10.2 Å². The number of rotatable bonds is 3. The Morgan fingerprint density at radius 2 is 2.00 bits per heavy atom. The van der Waals surface area contributed by atoms with E-state index in [2.05, 4.69) is 23.2 Å². The van der Waals surface area contributed by atoms with E-state index >= 15 is 0 Å². The van der Waals surface area contributed by atoms with E-state index in [-0.39, 0.29) is 5.38 Å². The number of thiazole rings is 1. The fraction of sp³-hybridized carbons (Fsp3) is 0.533. The van der Waals surface area contributed by atoms with E-state index in [1.54, 1.807) is 11.3 Å². The third kappa shape index (κ3) is 2.70. The highest BCUT2D eigenvalue weighted by Gasteiger charge is 2.23. The quantitative estimate of drug-likeness (QED) is 0.719. The van der Waals surface area contributed by atoms with Crippen LogP contribution in [0.5, 0.6) is 0 Å². The predicted octanol–water partition coefficient (Wildman–Crippen LogP) is 5.03. The van der Waals surface area contributed by atoms with Crippen molar-refractivity contribution in [3.8, 4) is 0 Å². The molecule has 1 saturated carbocycles. The summed E-state index contributed by atoms with van der Waals surface area (Å²) >= 11 is 8.38. The largest absolute Gasteiger partial charge is 0.241 e. The number of halogens is 1. The predicted molar refractivity (Wildman–Crippen MR) is 79.5 cm³/mol. The Kier molecular flexibility index (Phi) is 3.86. The third-order valence-electron chi connectivity index (χ3n) is 3.87. The molecule has 1 nitrogen and oxygen atoms in total. The Morgan fingerprint density at radius 3 is 2.78 bits per heavy atom. The van der Waals surface area contributed by atoms with Crippen LogP contribution in [-0.4, -0.2) is 10.4 Å². The zero-order valence-electron chi connectivity index (χ0n) is 10.4. The maximum absolute atomic E-state index is 6.59. The minimum atomic E-state index is 0.269. The van der Waals surface area contributed by atoms with Crippen LogP contribution in [0.4, 0.5) is 0 Å². The molecule has 0 saturated heterocycles. The van der Waals surface area contributed by atoms with Crippen LogP contribution in [0.1, 0.15) is 37.1 Å². The fourth-order valence-corrected chi connectivity index (χ4v) is 4.35. The van der Waals surface area contributed by atoms with Crippen molar-refractivity contribution < 1.29 is 0 Å². The molecule has 96 valence electrons. The third-order valence-corrected chi connectivity index (χ3v) is 5.44. The summed E-state index contributed by atoms with van der Waals surface area (Å²) in [7, 11) is 0. The van der Waals surface area contributed by atoms with E-state index in [9.17, 15) is 0 Å². The average molecular weight is 280 g/mol. The fourth-order valence-electron chi connectivity index (χ4n) is 2.84. The van der Waals surface area contributed by atoms with Crippen molar-refractivity contribution in [3.05, 3.63) is 29.3 Å². The van der Waals surface area contributed by atoms with Crippen molar-refractivity contribution >= 4 is 33.2 Å². The second kappa shape index (κ2) is 5.58. The first-order valence-corrected chi connectivity index (χ1v) is 8.07. The molecular weight excluding hydrogens is 262 g/mol. The minimum absolute atomic E-state index is 0.269. The molecule has 3 rings (SSSR count). The number of hydrogen-bond donors (Lipinski definition) is 0. The Labute approximate surface area is 117 Å². The second-order valence-corrected chi connectivity index (χ2v) is 6.87. The molecule has 1 unspecified atom stereocenters. The smallest absolute Gasteiger partial charge is 0.0953 e. The Balaban J connectivity index is 1.71. The summed E-state index contributed by atoms with van der Waals surface area (Å²) in [5, 5.41) is 1.47. The number of fused-ring (bicyclic) bond motifs is 1. The van der Waals surface area contributed by atoms with E-state index in [0.717, 1.165) is 11.9 Å². The molecule has 1 fully saturated rings. The molecule has 2 aromatic rings. The maximum atomic E-state index is 6.59. The number of aromatic nitrogens is 1. The normalized spacial score (nSPS) is 19.2. The molecule has 1 aliphatic rings. The van der Waals surface area contributed by atoms with Crippen LogP contribution < -0.4 is 0 Å². The highest BCUT2D eigenvalue weighted by molar-refractivity contribution is 7.18. The number of benzene rings is 1. The summed E-state index contributed by atoms with van der Waals surface area (Å²) in [5.74, 6) is 0.701. The van der Waals surface area contributed by atoms with Crippen LogP contribution in [-0.2, 0) is 6.42 Å². The number of nitrogens with zero attached hydrogens (tertiary/aromatic N) is 1. The highest BCUT2D eigenvalue weighted by Crippen LogP contribution is 2.32. The monoisotopic (exact) mass is 279 g/mol. The first kappa shape index (κ1) is 12.4. The standard InChI is InChI=1S/C15H18ClNS/c16-12(11-6-2-1-3-7-11)10-15-17-13-8-4-5-9-14(13)18-15/h4-5,8-9,11-12H,1-3,6-7,10H2. The number of alkyl halides is 1. The van der Waals surface area contributed by atoms with E-state index in [0.29, 0.717) is 5.92 Å². The lowest BCUT2D eigenvalue weighted by atomic mass is 9.86. The van der Waals surface area contributed by atoms with E-state index in [4.69, 9.17) is 11.6 Å². The summed E-state index contributed by atoms with van der Waals surface area (Å²) in [6, 6.07) is 8.34. The van der Waals surface area contributed by atoms with Gasteiger partial charge < -0.3 is 0 Å². The molecule has 18 heavy (non-hydrogen) atoms. The zero-order chi connectivity index (χ0) is 12.4. The number of para-hydroxylation sites is 1. The molecule has 1 atom stereocenters. The van der Waals surface area contributed by atoms with Crippen LogP contribution in [0, 0.1) is 5.92 Å². The van der Waals surface area contributed by atoms with Crippen molar-refractivity contribution in [1.82, 2.24) is 4.98 Å². The van der Waals surface area contributed by atoms with Gasteiger partial charge >= 0.3 is 0 Å². The van der Waals surface area contributed by atoms with Crippen LogP contribution in [0.3, 0.4) is 0 Å². The van der Waals surface area contributed by atoms with Gasteiger partial charge in [-0.05, 0) is 30.9 Å². The van der Waals surface area contributed by atoms with Gasteiger partial charge in [-0.1, -0.05) is 31.4 Å². The molecule has 0 aliphatic heterocycles. The Morgan fingerprint density at radius 1 is 1.22 bits per heavy atom. The van der Waals surface area contributed by atoms with Gasteiger partial charge in [0.15, 0.2) is 0 Å². The minimum Gasteiger partial charge on any atom is -0.241 e. The first-order valence-electron chi connectivity index (χ1n) is 6.81. The van der Waals surface area contributed by atoms with Gasteiger partial charge in [0.25, 0.3) is 0 Å². The SMILES string of the molecule is ClC(Cc1nc2ccccc2s1)C1CCCCC1. The topological polar surface area (TPSA) is 12.9 Å². The lowest BCUT2D eigenvalue weighted by Crippen LogP contribution is -2.20. The molecule has 0 radical (unpaired) electrons. The Bertz CT molecular complexity index is 483. The number of hydrogen-bond acceptors (Lipinski definition) is 2. The highest BCUT2D eigenvalue weighted by atomic mass is 35.5. The summed E-state index contributed by atoms with van der Waals surface area (Å²) in [4.78, 5) is 4.68. The van der Waals surface area contributed by atoms with Crippen LogP contribution in [0.2, 0.25) is 0 Å². The Hall–Kier alpha value is -0.600. The van der Waals surface area contributed by atoms with Crippen molar-refractivity contribution in [2.75, 3.05) is 0 Å². The van der Waals surface area contributed by atoms with Gasteiger partial charge in [-0.15, -0.1) is 22.9 Å². The summed E-state index contributed by atoms with van der Waals surface area (Å²) in [6.07, 6.45) is 7.65. The molecule has 1 aromatic heterocycles. The van der Waals surface area contributed by atoms with Crippen molar-refractivity contribution in [1.29, 1.82) is 0 Å². The van der Waals surface area contributed by atoms with Gasteiger partial charge in [-0.25, -0.2) is 4.98 Å². The molecule has 1 aromatic carbocycles. The lowest BCUT2D eigenvalue weighted by Gasteiger charge is -2.25. The molecule has 1 heterocycles. The van der Waals surface area contributed by atoms with Gasteiger partial charge in [-0.3, -0.25) is 0 Å². The van der Waals surface area contributed by atoms with Crippen LogP contribution >= 0.6 is 22.9 Å². The van der Waals surface area contributed by atoms with Crippen molar-refractivity contribution in [2.24, 2.45) is 5.92 Å². The second-order valence-electron chi connectivity index (χ2n) is 5.19. The molecule has 0 amide bonds. The van der Waals surface area contributed by atoms with Crippen molar-refractivity contribution in [2.45, 2.75) is 43.9 Å². The molecule has 0 N–H and O–H groups in total. The van der Waals surface area contributed by atoms with Gasteiger partial charge in [0.05, 0.1) is 15.2 Å². The van der Waals surface area contributed by atoms with Crippen molar-refractivity contribution in [3.63, 3.8) is 0 Å². The van der Waals surface area contributed by atoms with Crippen LogP contribution in [0.15, 0.2) is 24.3 Å². The summed E-state index contributed by atoms with van der Waals surface area (Å²) in [5.41, 5.74) is 1.12. The van der Waals surface area contributed by atoms with Gasteiger partial charge in [-0.2, -0.15) is 0 Å². The maximum Gasteiger partial charge on any atom is 0.0953 e. The molecular formula is C15H18ClNS. The summed E-state index contributed by atoms with van der Waals surface area (Å²) in [6.45, 7) is 0. The summed E-state index contributed by atoms with van der Waals surface area (Å²) < 4.78 is 1.28. The molecule has 1 aliphatic carbocycles. The molecule has 0 spiro atoms. The van der Waals surface area contributed by atoms with Gasteiger partial charge in [0.2, 0.25) is 0 Å². The lowest BCUT2D eigenvalue weighted by molar-refractivity contribution is 0.344. The van der Waals surface area contributed by atoms with Gasteiger partial charge in [0, 0.05) is 11.8 Å². The zero-order valence-corrected chi connectivity index (χ0v) is 12.0.